The van der Waals surface area contributed by atoms with Crippen LogP contribution in [0.15, 0.2) is 24.3 Å². The van der Waals surface area contributed by atoms with Crippen molar-refractivity contribution in [2.75, 3.05) is 28.4 Å². The third-order valence-corrected chi connectivity index (χ3v) is 8.59. The third-order valence-electron chi connectivity index (χ3n) is 8.59. The van der Waals surface area contributed by atoms with Gasteiger partial charge in [-0.1, -0.05) is 69.2 Å². The van der Waals surface area contributed by atoms with E-state index in [1.54, 1.807) is 28.4 Å². The Balaban J connectivity index is 0.000000400. The lowest BCUT2D eigenvalue weighted by Gasteiger charge is -2.42. The van der Waals surface area contributed by atoms with Crippen molar-refractivity contribution in [1.82, 2.24) is 0 Å². The predicted molar refractivity (Wildman–Crippen MR) is 157 cm³/mol. The van der Waals surface area contributed by atoms with Crippen LogP contribution in [0.5, 0.6) is 0 Å². The molecule has 0 fully saturated rings. The van der Waals surface area contributed by atoms with Crippen LogP contribution in [-0.4, -0.2) is 77.0 Å². The molecule has 0 amide bonds. The van der Waals surface area contributed by atoms with E-state index in [2.05, 4.69) is 69.2 Å². The first kappa shape index (κ1) is 36.3. The van der Waals surface area contributed by atoms with Gasteiger partial charge in [0.05, 0.1) is 24.4 Å². The average Bonchev–Trinajstić information content (AvgIpc) is 3.49. The zero-order valence-corrected chi connectivity index (χ0v) is 27.3. The van der Waals surface area contributed by atoms with E-state index >= 15 is 0 Å². The summed E-state index contributed by atoms with van der Waals surface area (Å²) < 4.78 is 33.5. The summed E-state index contributed by atoms with van der Waals surface area (Å²) in [7, 11) is 6.87. The van der Waals surface area contributed by atoms with Crippen LogP contribution in [0.2, 0.25) is 0 Å². The fourth-order valence-corrected chi connectivity index (χ4v) is 6.79. The van der Waals surface area contributed by atoms with Gasteiger partial charge in [-0.3, -0.25) is 0 Å². The fourth-order valence-electron chi connectivity index (χ4n) is 6.79. The maximum atomic E-state index is 11.3. The summed E-state index contributed by atoms with van der Waals surface area (Å²) >= 11 is 0. The van der Waals surface area contributed by atoms with Crippen LogP contribution in [-0.2, 0) is 38.0 Å². The van der Waals surface area contributed by atoms with Crippen molar-refractivity contribution >= 4 is 11.9 Å². The standard InChI is InChI=1S/2C16H28O4/c2*1-10(2)14(18-6)11(3)15(19-7)16(4,5)12-8-9-13(17)20-12/h2*8-12,14-15H,1-7H3/t2*11-,12-,14-,15-/m00/s1. The first-order valence-corrected chi connectivity index (χ1v) is 14.4. The molecule has 0 spiro atoms. The number of esters is 2. The Bertz CT molecular complexity index is 789. The van der Waals surface area contributed by atoms with Crippen molar-refractivity contribution in [2.24, 2.45) is 34.5 Å². The van der Waals surface area contributed by atoms with Gasteiger partial charge in [0.2, 0.25) is 0 Å². The van der Waals surface area contributed by atoms with Crippen molar-refractivity contribution in [3.05, 3.63) is 24.3 Å². The molecule has 0 bridgehead atoms. The lowest BCUT2D eigenvalue weighted by atomic mass is 9.72. The van der Waals surface area contributed by atoms with E-state index in [0.29, 0.717) is 11.8 Å². The van der Waals surface area contributed by atoms with Gasteiger partial charge in [-0.2, -0.15) is 0 Å². The Hall–Kier alpha value is -1.74. The second kappa shape index (κ2) is 15.5. The van der Waals surface area contributed by atoms with Crippen molar-refractivity contribution in [3.63, 3.8) is 0 Å². The summed E-state index contributed by atoms with van der Waals surface area (Å²) in [6, 6.07) is 0. The molecular formula is C32H56O8. The molecule has 0 aromatic carbocycles. The maximum Gasteiger partial charge on any atom is 0.331 e. The highest BCUT2D eigenvalue weighted by Gasteiger charge is 2.46. The normalized spacial score (nSPS) is 23.8. The Morgan fingerprint density at radius 3 is 1.07 bits per heavy atom. The van der Waals surface area contributed by atoms with E-state index in [0.717, 1.165) is 0 Å². The first-order chi connectivity index (χ1) is 18.5. The number of rotatable bonds is 14. The third kappa shape index (κ3) is 8.63. The molecule has 0 unspecified atom stereocenters. The van der Waals surface area contributed by atoms with Gasteiger partial charge >= 0.3 is 11.9 Å². The zero-order valence-electron chi connectivity index (χ0n) is 27.3. The van der Waals surface area contributed by atoms with Crippen LogP contribution < -0.4 is 0 Å². The summed E-state index contributed by atoms with van der Waals surface area (Å²) in [6.07, 6.45) is 6.14. The number of hydrogen-bond donors (Lipinski definition) is 0. The second-order valence-electron chi connectivity index (χ2n) is 13.0. The smallest absolute Gasteiger partial charge is 0.331 e. The molecule has 0 saturated heterocycles. The first-order valence-electron chi connectivity index (χ1n) is 14.4. The number of methoxy groups -OCH3 is 4. The molecule has 0 aliphatic carbocycles. The number of carbonyl (C=O) groups is 2. The maximum absolute atomic E-state index is 11.3. The molecule has 0 aromatic rings. The molecule has 0 aromatic heterocycles. The van der Waals surface area contributed by atoms with Gasteiger partial charge in [0.15, 0.2) is 0 Å². The Kier molecular flexibility index (Phi) is 14.0. The molecule has 8 heteroatoms. The van der Waals surface area contributed by atoms with Crippen LogP contribution in [0.25, 0.3) is 0 Å². The Labute approximate surface area is 243 Å². The second-order valence-corrected chi connectivity index (χ2v) is 13.0. The van der Waals surface area contributed by atoms with E-state index in [-0.39, 0.29) is 71.2 Å². The van der Waals surface area contributed by atoms with Crippen LogP contribution in [0.4, 0.5) is 0 Å². The fraction of sp³-hybridized carbons (Fsp3) is 0.812. The molecule has 0 radical (unpaired) electrons. The summed E-state index contributed by atoms with van der Waals surface area (Å²) in [5.74, 6) is 0.603. The summed E-state index contributed by atoms with van der Waals surface area (Å²) in [6.45, 7) is 21.1. The van der Waals surface area contributed by atoms with Gasteiger partial charge in [-0.25, -0.2) is 9.59 Å². The van der Waals surface area contributed by atoms with Gasteiger partial charge in [0.25, 0.3) is 0 Å². The van der Waals surface area contributed by atoms with E-state index in [4.69, 9.17) is 28.4 Å². The van der Waals surface area contributed by atoms with Gasteiger partial charge < -0.3 is 28.4 Å². The largest absolute Gasteiger partial charge is 0.454 e. The molecule has 2 heterocycles. The molecule has 8 nitrogen and oxygen atoms in total. The van der Waals surface area contributed by atoms with Gasteiger partial charge in [0.1, 0.15) is 12.2 Å². The summed E-state index contributed by atoms with van der Waals surface area (Å²) in [4.78, 5) is 22.6. The molecule has 2 aliphatic heterocycles. The Morgan fingerprint density at radius 2 is 0.900 bits per heavy atom. The van der Waals surface area contributed by atoms with E-state index in [1.165, 1.54) is 12.2 Å². The number of ether oxygens (including phenoxy) is 6. The lowest BCUT2D eigenvalue weighted by Crippen LogP contribution is -2.49. The molecule has 2 rings (SSSR count). The number of cyclic esters (lactones) is 2. The van der Waals surface area contributed by atoms with Crippen molar-refractivity contribution in [3.8, 4) is 0 Å². The monoisotopic (exact) mass is 568 g/mol. The quantitative estimate of drug-likeness (QED) is 0.249. The highest BCUT2D eigenvalue weighted by molar-refractivity contribution is 5.85. The van der Waals surface area contributed by atoms with Gasteiger partial charge in [-0.15, -0.1) is 0 Å². The van der Waals surface area contributed by atoms with E-state index in [1.807, 2.05) is 12.2 Å². The lowest BCUT2D eigenvalue weighted by molar-refractivity contribution is -0.155. The van der Waals surface area contributed by atoms with Crippen LogP contribution in [0.1, 0.15) is 69.2 Å². The highest BCUT2D eigenvalue weighted by atomic mass is 16.6. The molecule has 40 heavy (non-hydrogen) atoms. The Morgan fingerprint density at radius 1 is 0.600 bits per heavy atom. The minimum absolute atomic E-state index is 0.0737. The van der Waals surface area contributed by atoms with Gasteiger partial charge in [-0.05, 0) is 24.0 Å². The molecule has 8 atom stereocenters. The summed E-state index contributed by atoms with van der Waals surface area (Å²) in [5.41, 5.74) is -0.634. The topological polar surface area (TPSA) is 89.5 Å². The van der Waals surface area contributed by atoms with Crippen LogP contribution in [0, 0.1) is 34.5 Å². The van der Waals surface area contributed by atoms with Crippen molar-refractivity contribution in [1.29, 1.82) is 0 Å². The molecule has 2 aliphatic rings. The SMILES string of the molecule is CO[C@@H](C(C)C)[C@H](C)[C@H](OC)C(C)(C)[C@@H]1C=CC(=O)O1.CO[C@@H](C(C)C)[C@H](C)[C@H](OC)C(C)(C)[C@@H]1C=CC(=O)O1. The molecular weight excluding hydrogens is 512 g/mol. The van der Waals surface area contributed by atoms with Crippen molar-refractivity contribution < 1.29 is 38.0 Å². The minimum Gasteiger partial charge on any atom is -0.454 e. The number of hydrogen-bond acceptors (Lipinski definition) is 8. The van der Waals surface area contributed by atoms with Crippen LogP contribution in [0.3, 0.4) is 0 Å². The number of carbonyl (C=O) groups excluding carboxylic acids is 2. The van der Waals surface area contributed by atoms with Crippen LogP contribution >= 0.6 is 0 Å². The molecule has 0 N–H and O–H groups in total. The highest BCUT2D eigenvalue weighted by Crippen LogP contribution is 2.40. The van der Waals surface area contributed by atoms with Gasteiger partial charge in [0, 0.05) is 63.3 Å². The predicted octanol–water partition coefficient (Wildman–Crippen LogP) is 5.63. The van der Waals surface area contributed by atoms with E-state index < -0.39 is 0 Å². The summed E-state index contributed by atoms with van der Waals surface area (Å²) in [5, 5.41) is 0. The molecule has 232 valence electrons. The van der Waals surface area contributed by atoms with Crippen molar-refractivity contribution in [2.45, 2.75) is 106 Å². The average molecular weight is 569 g/mol. The minimum atomic E-state index is -0.317. The zero-order chi connectivity index (χ0) is 31.0. The van der Waals surface area contributed by atoms with E-state index in [9.17, 15) is 9.59 Å². The molecule has 0 saturated carbocycles.